The van der Waals surface area contributed by atoms with Gasteiger partial charge in [-0.1, -0.05) is 15.9 Å². The summed E-state index contributed by atoms with van der Waals surface area (Å²) in [5, 5.41) is 4.63. The summed E-state index contributed by atoms with van der Waals surface area (Å²) in [6.07, 6.45) is 7.63. The normalized spacial score (nSPS) is 26.8. The van der Waals surface area contributed by atoms with E-state index < -0.39 is 0 Å². The standard InChI is InChI=1S/C10H11BrN4O/c11-7-2-1-5-15-8(7)12-10(14-15)13-9(16)6-3-4-6/h1-2,5-6,8H,3-4H2,(H2,12,13,14,16). The molecule has 5 nitrogen and oxygen atoms in total. The molecule has 1 saturated carbocycles. The van der Waals surface area contributed by atoms with E-state index in [2.05, 4.69) is 31.7 Å². The maximum Gasteiger partial charge on any atom is 0.229 e. The lowest BCUT2D eigenvalue weighted by molar-refractivity contribution is -0.120. The van der Waals surface area contributed by atoms with Gasteiger partial charge in [-0.05, 0) is 25.0 Å². The van der Waals surface area contributed by atoms with Crippen molar-refractivity contribution in [3.63, 3.8) is 0 Å². The predicted octanol–water partition coefficient (Wildman–Crippen LogP) is 0.821. The van der Waals surface area contributed by atoms with Gasteiger partial charge < -0.3 is 0 Å². The summed E-state index contributed by atoms with van der Waals surface area (Å²) in [5.74, 6) is 0.783. The van der Waals surface area contributed by atoms with Gasteiger partial charge in [0.25, 0.3) is 0 Å². The Morgan fingerprint density at radius 1 is 1.62 bits per heavy atom. The van der Waals surface area contributed by atoms with Gasteiger partial charge in [0.2, 0.25) is 11.9 Å². The summed E-state index contributed by atoms with van der Waals surface area (Å²) < 4.78 is 0.971. The molecule has 0 aromatic heterocycles. The smallest absolute Gasteiger partial charge is 0.229 e. The number of allylic oxidation sites excluding steroid dienone is 2. The van der Waals surface area contributed by atoms with Gasteiger partial charge in [-0.15, -0.1) is 0 Å². The highest BCUT2D eigenvalue weighted by molar-refractivity contribution is 9.11. The molecule has 1 aliphatic carbocycles. The molecule has 2 N–H and O–H groups in total. The Hall–Kier alpha value is -1.30. The zero-order valence-corrected chi connectivity index (χ0v) is 10.1. The molecule has 0 radical (unpaired) electrons. The van der Waals surface area contributed by atoms with E-state index in [4.69, 9.17) is 0 Å². The highest BCUT2D eigenvalue weighted by Crippen LogP contribution is 2.29. The number of hydrogen-bond donors (Lipinski definition) is 2. The molecule has 84 valence electrons. The fraction of sp³-hybridized carbons (Fsp3) is 0.400. The molecule has 2 aliphatic heterocycles. The first kappa shape index (κ1) is 9.89. The zero-order chi connectivity index (χ0) is 11.1. The number of nitrogens with zero attached hydrogens (tertiary/aromatic N) is 2. The molecule has 3 aliphatic rings. The molecule has 1 fully saturated rings. The van der Waals surface area contributed by atoms with E-state index >= 15 is 0 Å². The Morgan fingerprint density at radius 3 is 3.12 bits per heavy atom. The van der Waals surface area contributed by atoms with Crippen LogP contribution in [0, 0.1) is 5.92 Å². The number of carbonyl (C=O) groups is 1. The van der Waals surface area contributed by atoms with Crippen molar-refractivity contribution >= 4 is 27.8 Å². The van der Waals surface area contributed by atoms with E-state index in [0.717, 1.165) is 17.3 Å². The van der Waals surface area contributed by atoms with Gasteiger partial charge in [0, 0.05) is 16.6 Å². The number of aliphatic imine (C=N–C) groups is 1. The van der Waals surface area contributed by atoms with Crippen LogP contribution in [0.2, 0.25) is 0 Å². The summed E-state index contributed by atoms with van der Waals surface area (Å²) >= 11 is 3.44. The van der Waals surface area contributed by atoms with Crippen molar-refractivity contribution in [3.05, 3.63) is 22.8 Å². The van der Waals surface area contributed by atoms with Crippen LogP contribution in [0.25, 0.3) is 0 Å². The second-order valence-corrected chi connectivity index (χ2v) is 4.94. The largest absolute Gasteiger partial charge is 0.295 e. The number of amides is 1. The van der Waals surface area contributed by atoms with Crippen molar-refractivity contribution in [2.75, 3.05) is 0 Å². The number of nitrogens with one attached hydrogen (secondary N) is 2. The molecule has 0 aromatic rings. The van der Waals surface area contributed by atoms with E-state index in [-0.39, 0.29) is 18.0 Å². The molecular weight excluding hydrogens is 272 g/mol. The first-order chi connectivity index (χ1) is 7.74. The van der Waals surface area contributed by atoms with Crippen LogP contribution in [-0.2, 0) is 4.79 Å². The van der Waals surface area contributed by atoms with Crippen LogP contribution in [0.1, 0.15) is 12.8 Å². The number of rotatable bonds is 1. The summed E-state index contributed by atoms with van der Waals surface area (Å²) in [7, 11) is 0. The van der Waals surface area contributed by atoms with Crippen LogP contribution in [-0.4, -0.2) is 23.0 Å². The van der Waals surface area contributed by atoms with Crippen molar-refractivity contribution in [3.8, 4) is 0 Å². The van der Waals surface area contributed by atoms with Crippen molar-refractivity contribution in [1.82, 2.24) is 15.8 Å². The summed E-state index contributed by atoms with van der Waals surface area (Å²) in [6.45, 7) is 0. The van der Waals surface area contributed by atoms with Crippen LogP contribution in [0.3, 0.4) is 0 Å². The van der Waals surface area contributed by atoms with Gasteiger partial charge in [0.15, 0.2) is 6.17 Å². The molecule has 2 heterocycles. The highest BCUT2D eigenvalue weighted by Gasteiger charge is 2.33. The number of fused-ring (bicyclic) bond motifs is 1. The lowest BCUT2D eigenvalue weighted by Crippen LogP contribution is -2.44. The van der Waals surface area contributed by atoms with Crippen LogP contribution < -0.4 is 10.7 Å². The molecule has 16 heavy (non-hydrogen) atoms. The third-order valence-electron chi connectivity index (χ3n) is 2.69. The second-order valence-electron chi connectivity index (χ2n) is 4.03. The van der Waals surface area contributed by atoms with E-state index in [0.29, 0.717) is 5.96 Å². The predicted molar refractivity (Wildman–Crippen MR) is 63.2 cm³/mol. The molecule has 3 rings (SSSR count). The van der Waals surface area contributed by atoms with Crippen molar-refractivity contribution in [2.45, 2.75) is 19.0 Å². The first-order valence-corrected chi connectivity index (χ1v) is 6.01. The molecule has 0 bridgehead atoms. The Morgan fingerprint density at radius 2 is 2.44 bits per heavy atom. The molecule has 1 unspecified atom stereocenters. The van der Waals surface area contributed by atoms with Gasteiger partial charge in [-0.3, -0.25) is 20.5 Å². The van der Waals surface area contributed by atoms with E-state index in [1.165, 1.54) is 0 Å². The Balaban J connectivity index is 1.69. The minimum Gasteiger partial charge on any atom is -0.295 e. The SMILES string of the molecule is O=C(NC1=NC2C(Br)=CC=CN2N1)C1CC1. The van der Waals surface area contributed by atoms with Crippen LogP contribution in [0.5, 0.6) is 0 Å². The summed E-state index contributed by atoms with van der Waals surface area (Å²) in [5.41, 5.74) is 3.03. The number of halogens is 1. The quantitative estimate of drug-likeness (QED) is 0.749. The van der Waals surface area contributed by atoms with Crippen molar-refractivity contribution in [1.29, 1.82) is 0 Å². The third kappa shape index (κ3) is 1.73. The molecule has 1 atom stereocenters. The average molecular weight is 283 g/mol. The zero-order valence-electron chi connectivity index (χ0n) is 8.48. The minimum absolute atomic E-state index is 0.0650. The maximum absolute atomic E-state index is 11.6. The van der Waals surface area contributed by atoms with Gasteiger partial charge in [-0.25, -0.2) is 4.99 Å². The van der Waals surface area contributed by atoms with Crippen molar-refractivity contribution in [2.24, 2.45) is 10.9 Å². The monoisotopic (exact) mass is 282 g/mol. The Kier molecular flexibility index (Phi) is 2.24. The summed E-state index contributed by atoms with van der Waals surface area (Å²) in [6, 6.07) is 0. The maximum atomic E-state index is 11.6. The van der Waals surface area contributed by atoms with Crippen LogP contribution >= 0.6 is 15.9 Å². The average Bonchev–Trinajstić information content (AvgIpc) is 3.01. The molecule has 1 amide bonds. The Bertz CT molecular complexity index is 425. The van der Waals surface area contributed by atoms with Crippen molar-refractivity contribution < 1.29 is 4.79 Å². The second kappa shape index (κ2) is 3.62. The minimum atomic E-state index is -0.0977. The van der Waals surface area contributed by atoms with Gasteiger partial charge in [0.1, 0.15) is 0 Å². The molecule has 0 saturated heterocycles. The number of hydrazine groups is 1. The molecule has 6 heteroatoms. The fourth-order valence-electron chi connectivity index (χ4n) is 1.65. The summed E-state index contributed by atoms with van der Waals surface area (Å²) in [4.78, 5) is 15.9. The number of hydrogen-bond acceptors (Lipinski definition) is 4. The lowest BCUT2D eigenvalue weighted by Gasteiger charge is -2.22. The van der Waals surface area contributed by atoms with Crippen LogP contribution in [0.15, 0.2) is 27.8 Å². The van der Waals surface area contributed by atoms with E-state index in [1.54, 1.807) is 0 Å². The lowest BCUT2D eigenvalue weighted by atomic mass is 10.3. The van der Waals surface area contributed by atoms with E-state index in [9.17, 15) is 4.79 Å². The molecule has 0 aromatic carbocycles. The molecular formula is C10H11BrN4O. The van der Waals surface area contributed by atoms with Gasteiger partial charge in [0.05, 0.1) is 0 Å². The number of guanidine groups is 1. The first-order valence-electron chi connectivity index (χ1n) is 5.21. The fourth-order valence-corrected chi connectivity index (χ4v) is 2.12. The van der Waals surface area contributed by atoms with Gasteiger partial charge in [-0.2, -0.15) is 0 Å². The van der Waals surface area contributed by atoms with Gasteiger partial charge >= 0.3 is 0 Å². The Labute approximate surface area is 101 Å². The van der Waals surface area contributed by atoms with E-state index in [1.807, 2.05) is 23.4 Å². The topological polar surface area (TPSA) is 56.7 Å². The number of carbonyl (C=O) groups excluding carboxylic acids is 1. The third-order valence-corrected chi connectivity index (χ3v) is 3.36. The highest BCUT2D eigenvalue weighted by atomic mass is 79.9. The molecule has 0 spiro atoms. The van der Waals surface area contributed by atoms with Crippen LogP contribution in [0.4, 0.5) is 0 Å².